The van der Waals surface area contributed by atoms with Crippen molar-refractivity contribution < 1.29 is 9.53 Å². The van der Waals surface area contributed by atoms with Gasteiger partial charge in [0.2, 0.25) is 11.0 Å². The number of ether oxygens (including phenoxy) is 1. The molecule has 2 N–H and O–H groups in total. The first-order valence-corrected chi connectivity index (χ1v) is 10.4. The molecule has 0 bridgehead atoms. The van der Waals surface area contributed by atoms with E-state index in [1.165, 1.54) is 22.5 Å². The molecule has 4 rings (SSSR count). The molecular weight excluding hydrogens is 386 g/mol. The van der Waals surface area contributed by atoms with E-state index in [0.717, 1.165) is 17.8 Å². The molecule has 29 heavy (non-hydrogen) atoms. The average molecular weight is 410 g/mol. The van der Waals surface area contributed by atoms with Crippen LogP contribution in [0.1, 0.15) is 33.6 Å². The summed E-state index contributed by atoms with van der Waals surface area (Å²) < 4.78 is 5.96. The van der Waals surface area contributed by atoms with Crippen molar-refractivity contribution in [1.82, 2.24) is 20.1 Å². The van der Waals surface area contributed by atoms with Gasteiger partial charge in [-0.15, -0.1) is 10.2 Å². The molecule has 1 fully saturated rings. The minimum absolute atomic E-state index is 0.00612. The molecule has 1 atom stereocenters. The van der Waals surface area contributed by atoms with Crippen LogP contribution in [0.5, 0.6) is 0 Å². The van der Waals surface area contributed by atoms with E-state index in [2.05, 4.69) is 39.4 Å². The highest BCUT2D eigenvalue weighted by atomic mass is 32.1. The molecule has 2 aromatic heterocycles. The predicted molar refractivity (Wildman–Crippen MR) is 112 cm³/mol. The van der Waals surface area contributed by atoms with E-state index in [0.29, 0.717) is 29.8 Å². The first-order valence-electron chi connectivity index (χ1n) is 9.55. The Hall–Kier alpha value is -2.84. The lowest BCUT2D eigenvalue weighted by atomic mass is 10.0. The number of benzene rings is 1. The molecule has 3 heterocycles. The minimum Gasteiger partial charge on any atom is -0.374 e. The van der Waals surface area contributed by atoms with Crippen LogP contribution in [0, 0.1) is 6.92 Å². The maximum absolute atomic E-state index is 12.7. The predicted octanol–water partition coefficient (Wildman–Crippen LogP) is 2.56. The SMILES string of the molecule is Cc1cc(Cc2ccccc2)cc([C@H]2CN(C(=O)Cc3nnc(N)s3)CCO2)n1. The molecule has 8 heteroatoms. The van der Waals surface area contributed by atoms with Crippen molar-refractivity contribution >= 4 is 22.4 Å². The molecule has 0 saturated carbocycles. The van der Waals surface area contributed by atoms with Crippen LogP contribution in [0.15, 0.2) is 42.5 Å². The first-order chi connectivity index (χ1) is 14.1. The third-order valence-electron chi connectivity index (χ3n) is 4.82. The van der Waals surface area contributed by atoms with Crippen molar-refractivity contribution in [2.24, 2.45) is 0 Å². The molecule has 150 valence electrons. The van der Waals surface area contributed by atoms with Crippen molar-refractivity contribution in [3.63, 3.8) is 0 Å². The van der Waals surface area contributed by atoms with Gasteiger partial charge in [0.1, 0.15) is 11.1 Å². The zero-order valence-corrected chi connectivity index (χ0v) is 17.1. The Balaban J connectivity index is 1.46. The fraction of sp³-hybridized carbons (Fsp3) is 0.333. The summed E-state index contributed by atoms with van der Waals surface area (Å²) in [5.41, 5.74) is 9.87. The van der Waals surface area contributed by atoms with E-state index < -0.39 is 0 Å². The lowest BCUT2D eigenvalue weighted by molar-refractivity contribution is -0.138. The molecular formula is C21H23N5O2S. The van der Waals surface area contributed by atoms with Crippen LogP contribution in [0.2, 0.25) is 0 Å². The summed E-state index contributed by atoms with van der Waals surface area (Å²) in [7, 11) is 0. The quantitative estimate of drug-likeness (QED) is 0.696. The molecule has 0 aliphatic carbocycles. The standard InChI is InChI=1S/C21H23N5O2S/c1-14-9-16(10-15-5-3-2-4-6-15)11-17(23-14)18-13-26(7-8-28-18)20(27)12-19-24-25-21(22)29-19/h2-6,9,11,18H,7-8,10,12-13H2,1H3,(H2,22,25)/t18-/m1/s1. The Morgan fingerprint density at radius 2 is 2.07 bits per heavy atom. The van der Waals surface area contributed by atoms with Crippen LogP contribution >= 0.6 is 11.3 Å². The summed E-state index contributed by atoms with van der Waals surface area (Å²) in [6, 6.07) is 14.5. The number of hydrogen-bond donors (Lipinski definition) is 1. The minimum atomic E-state index is -0.235. The van der Waals surface area contributed by atoms with Crippen molar-refractivity contribution in [1.29, 1.82) is 0 Å². The van der Waals surface area contributed by atoms with Gasteiger partial charge in [0.15, 0.2) is 0 Å². The maximum Gasteiger partial charge on any atom is 0.229 e. The Morgan fingerprint density at radius 1 is 1.24 bits per heavy atom. The number of nitrogens with two attached hydrogens (primary N) is 1. The number of pyridine rings is 1. The maximum atomic E-state index is 12.7. The fourth-order valence-corrected chi connectivity index (χ4v) is 4.10. The number of nitrogen functional groups attached to an aromatic ring is 1. The van der Waals surface area contributed by atoms with E-state index in [1.807, 2.05) is 30.0 Å². The number of nitrogens with zero attached hydrogens (tertiary/aromatic N) is 4. The summed E-state index contributed by atoms with van der Waals surface area (Å²) in [6.07, 6.45) is 0.814. The number of carbonyl (C=O) groups is 1. The number of amides is 1. The Labute approximate surface area is 173 Å². The van der Waals surface area contributed by atoms with Gasteiger partial charge in [-0.05, 0) is 36.6 Å². The Morgan fingerprint density at radius 3 is 2.83 bits per heavy atom. The highest BCUT2D eigenvalue weighted by Gasteiger charge is 2.27. The van der Waals surface area contributed by atoms with Crippen LogP contribution in [-0.2, 0) is 22.4 Å². The van der Waals surface area contributed by atoms with Crippen molar-refractivity contribution in [3.8, 4) is 0 Å². The first kappa shape index (κ1) is 19.5. The third-order valence-corrected chi connectivity index (χ3v) is 5.57. The van der Waals surface area contributed by atoms with Gasteiger partial charge in [0, 0.05) is 12.2 Å². The highest BCUT2D eigenvalue weighted by Crippen LogP contribution is 2.24. The van der Waals surface area contributed by atoms with E-state index in [-0.39, 0.29) is 18.4 Å². The smallest absolute Gasteiger partial charge is 0.229 e. The molecule has 1 saturated heterocycles. The van der Waals surface area contributed by atoms with Crippen LogP contribution in [-0.4, -0.2) is 45.7 Å². The molecule has 0 spiro atoms. The molecule has 1 amide bonds. The average Bonchev–Trinajstić information content (AvgIpc) is 3.13. The molecule has 1 aliphatic rings. The summed E-state index contributed by atoms with van der Waals surface area (Å²) in [6.45, 7) is 3.52. The van der Waals surface area contributed by atoms with Crippen LogP contribution < -0.4 is 5.73 Å². The van der Waals surface area contributed by atoms with E-state index >= 15 is 0 Å². The summed E-state index contributed by atoms with van der Waals surface area (Å²) in [5.74, 6) is 0.00612. The largest absolute Gasteiger partial charge is 0.374 e. The van der Waals surface area contributed by atoms with Gasteiger partial charge in [-0.25, -0.2) is 0 Å². The molecule has 0 radical (unpaired) electrons. The number of carbonyl (C=O) groups excluding carboxylic acids is 1. The van der Waals surface area contributed by atoms with Crippen molar-refractivity contribution in [3.05, 3.63) is 70.0 Å². The zero-order valence-electron chi connectivity index (χ0n) is 16.2. The van der Waals surface area contributed by atoms with Gasteiger partial charge in [0.25, 0.3) is 0 Å². The third kappa shape index (κ3) is 4.96. The van der Waals surface area contributed by atoms with Gasteiger partial charge >= 0.3 is 0 Å². The van der Waals surface area contributed by atoms with Gasteiger partial charge in [-0.3, -0.25) is 9.78 Å². The number of rotatable bonds is 5. The zero-order chi connectivity index (χ0) is 20.2. The van der Waals surface area contributed by atoms with Crippen LogP contribution in [0.4, 0.5) is 5.13 Å². The highest BCUT2D eigenvalue weighted by molar-refractivity contribution is 7.15. The second-order valence-electron chi connectivity index (χ2n) is 7.11. The van der Waals surface area contributed by atoms with Crippen LogP contribution in [0.25, 0.3) is 0 Å². The van der Waals surface area contributed by atoms with Gasteiger partial charge in [0.05, 0.1) is 25.3 Å². The number of aromatic nitrogens is 3. The summed E-state index contributed by atoms with van der Waals surface area (Å²) >= 11 is 1.25. The van der Waals surface area contributed by atoms with Crippen molar-refractivity contribution in [2.45, 2.75) is 25.9 Å². The van der Waals surface area contributed by atoms with E-state index in [9.17, 15) is 4.79 Å². The van der Waals surface area contributed by atoms with Gasteiger partial charge in [-0.2, -0.15) is 0 Å². The Kier molecular flexibility index (Phi) is 5.82. The topological polar surface area (TPSA) is 94.2 Å². The lowest BCUT2D eigenvalue weighted by Crippen LogP contribution is -2.43. The van der Waals surface area contributed by atoms with Gasteiger partial charge < -0.3 is 15.4 Å². The lowest BCUT2D eigenvalue weighted by Gasteiger charge is -2.32. The monoisotopic (exact) mass is 409 g/mol. The second-order valence-corrected chi connectivity index (χ2v) is 8.21. The molecule has 7 nitrogen and oxygen atoms in total. The van der Waals surface area contributed by atoms with E-state index in [1.54, 1.807) is 0 Å². The number of hydrogen-bond acceptors (Lipinski definition) is 7. The number of anilines is 1. The van der Waals surface area contributed by atoms with Gasteiger partial charge in [-0.1, -0.05) is 41.7 Å². The Bertz CT molecular complexity index is 992. The fourth-order valence-electron chi connectivity index (χ4n) is 3.50. The van der Waals surface area contributed by atoms with Crippen molar-refractivity contribution in [2.75, 3.05) is 25.4 Å². The molecule has 0 unspecified atom stereocenters. The summed E-state index contributed by atoms with van der Waals surface area (Å²) in [5, 5.41) is 8.73. The molecule has 1 aliphatic heterocycles. The van der Waals surface area contributed by atoms with Crippen LogP contribution in [0.3, 0.4) is 0 Å². The van der Waals surface area contributed by atoms with E-state index in [4.69, 9.17) is 10.5 Å². The number of aryl methyl sites for hydroxylation is 1. The second kappa shape index (κ2) is 8.67. The molecule has 3 aromatic rings. The number of morpholine rings is 1. The normalized spacial score (nSPS) is 16.7. The summed E-state index contributed by atoms with van der Waals surface area (Å²) in [4.78, 5) is 19.2. The molecule has 1 aromatic carbocycles.